The third kappa shape index (κ3) is 4.15. The third-order valence-corrected chi connectivity index (χ3v) is 4.49. The predicted molar refractivity (Wildman–Crippen MR) is 99.8 cm³/mol. The zero-order valence-corrected chi connectivity index (χ0v) is 15.6. The van der Waals surface area contributed by atoms with Crippen molar-refractivity contribution >= 4 is 22.5 Å². The standard InChI is InChI=1S/C20H11F7N4O/c21-11-1-6-14-10(7-11)8-15(29-14)18(32)28-12-2-4-13(5-3-12)31-17(20(25,26)27)9-16(30-31)19(22,23)24/h1-9,29H,(H,28,32). The van der Waals surface area contributed by atoms with E-state index in [-0.39, 0.29) is 27.8 Å². The van der Waals surface area contributed by atoms with Crippen molar-refractivity contribution in [2.24, 2.45) is 0 Å². The van der Waals surface area contributed by atoms with Gasteiger partial charge >= 0.3 is 12.4 Å². The first-order valence-electron chi connectivity index (χ1n) is 8.86. The van der Waals surface area contributed by atoms with Crippen molar-refractivity contribution < 1.29 is 35.5 Å². The lowest BCUT2D eigenvalue weighted by Crippen LogP contribution is -2.14. The van der Waals surface area contributed by atoms with E-state index in [1.165, 1.54) is 36.4 Å². The van der Waals surface area contributed by atoms with Gasteiger partial charge in [0.05, 0.1) is 5.69 Å². The van der Waals surface area contributed by atoms with Gasteiger partial charge in [-0.05, 0) is 48.5 Å². The van der Waals surface area contributed by atoms with Gasteiger partial charge in [0, 0.05) is 22.7 Å². The highest BCUT2D eigenvalue weighted by Gasteiger charge is 2.42. The van der Waals surface area contributed by atoms with Gasteiger partial charge in [-0.15, -0.1) is 0 Å². The second-order valence-corrected chi connectivity index (χ2v) is 6.74. The highest BCUT2D eigenvalue weighted by Crippen LogP contribution is 2.36. The van der Waals surface area contributed by atoms with E-state index in [1.807, 2.05) is 0 Å². The molecule has 0 bridgehead atoms. The van der Waals surface area contributed by atoms with Crippen LogP contribution < -0.4 is 5.32 Å². The van der Waals surface area contributed by atoms with Gasteiger partial charge in [0.25, 0.3) is 5.91 Å². The second kappa shape index (κ2) is 7.39. The molecule has 4 rings (SSSR count). The molecule has 0 saturated carbocycles. The van der Waals surface area contributed by atoms with E-state index in [9.17, 15) is 35.5 Å². The summed E-state index contributed by atoms with van der Waals surface area (Å²) >= 11 is 0. The molecule has 1 amide bonds. The Kier molecular flexibility index (Phi) is 4.94. The maximum absolute atomic E-state index is 13.3. The number of amides is 1. The molecule has 0 spiro atoms. The molecule has 12 heteroatoms. The van der Waals surface area contributed by atoms with Gasteiger partial charge in [-0.1, -0.05) is 0 Å². The van der Waals surface area contributed by atoms with E-state index in [1.54, 1.807) is 0 Å². The smallest absolute Gasteiger partial charge is 0.351 e. The fraction of sp³-hybridized carbons (Fsp3) is 0.100. The molecule has 0 aliphatic carbocycles. The van der Waals surface area contributed by atoms with Gasteiger partial charge in [-0.25, -0.2) is 9.07 Å². The number of hydrogen-bond acceptors (Lipinski definition) is 2. The molecule has 32 heavy (non-hydrogen) atoms. The summed E-state index contributed by atoms with van der Waals surface area (Å²) in [5.41, 5.74) is -2.77. The van der Waals surface area contributed by atoms with Gasteiger partial charge in [-0.3, -0.25) is 4.79 Å². The molecule has 5 nitrogen and oxygen atoms in total. The summed E-state index contributed by atoms with van der Waals surface area (Å²) in [7, 11) is 0. The zero-order chi connectivity index (χ0) is 23.3. The van der Waals surface area contributed by atoms with Crippen molar-refractivity contribution in [3.8, 4) is 5.69 Å². The number of halogens is 7. The molecule has 166 valence electrons. The number of carbonyl (C=O) groups is 1. The number of fused-ring (bicyclic) bond motifs is 1. The normalized spacial score (nSPS) is 12.3. The summed E-state index contributed by atoms with van der Waals surface area (Å²) in [6.45, 7) is 0. The van der Waals surface area contributed by atoms with Crippen molar-refractivity contribution in [3.63, 3.8) is 0 Å². The number of nitrogens with one attached hydrogen (secondary N) is 2. The van der Waals surface area contributed by atoms with Gasteiger partial charge < -0.3 is 10.3 Å². The van der Waals surface area contributed by atoms with Crippen molar-refractivity contribution in [1.29, 1.82) is 0 Å². The van der Waals surface area contributed by atoms with Crippen LogP contribution in [0.1, 0.15) is 21.9 Å². The number of aromatic amines is 1. The van der Waals surface area contributed by atoms with Crippen LogP contribution in [0.4, 0.5) is 36.4 Å². The Labute approximate surface area is 174 Å². The van der Waals surface area contributed by atoms with Crippen LogP contribution in [-0.4, -0.2) is 20.7 Å². The molecule has 4 aromatic rings. The Morgan fingerprint density at radius 2 is 1.59 bits per heavy atom. The number of anilines is 1. The summed E-state index contributed by atoms with van der Waals surface area (Å²) in [6, 6.07) is 9.83. The van der Waals surface area contributed by atoms with Crippen LogP contribution in [0.3, 0.4) is 0 Å². The third-order valence-electron chi connectivity index (χ3n) is 4.49. The van der Waals surface area contributed by atoms with E-state index >= 15 is 0 Å². The number of nitrogens with zero attached hydrogens (tertiary/aromatic N) is 2. The van der Waals surface area contributed by atoms with Gasteiger partial charge in [0.2, 0.25) is 0 Å². The lowest BCUT2D eigenvalue weighted by molar-refractivity contribution is -0.143. The van der Waals surface area contributed by atoms with E-state index in [0.717, 1.165) is 12.1 Å². The van der Waals surface area contributed by atoms with Crippen LogP contribution in [0.2, 0.25) is 0 Å². The molecule has 0 atom stereocenters. The fourth-order valence-corrected chi connectivity index (χ4v) is 3.03. The monoisotopic (exact) mass is 456 g/mol. The molecule has 0 aliphatic heterocycles. The summed E-state index contributed by atoms with van der Waals surface area (Å²) in [5.74, 6) is -1.09. The molecular formula is C20H11F7N4O. The first kappa shape index (κ1) is 21.4. The number of rotatable bonds is 3. The Morgan fingerprint density at radius 1 is 0.906 bits per heavy atom. The summed E-state index contributed by atoms with van der Waals surface area (Å²) in [5, 5.41) is 5.99. The van der Waals surface area contributed by atoms with Crippen molar-refractivity contribution in [2.45, 2.75) is 12.4 Å². The number of H-pyrrole nitrogens is 1. The maximum atomic E-state index is 13.3. The molecule has 0 radical (unpaired) electrons. The molecule has 0 unspecified atom stereocenters. The molecule has 2 aromatic heterocycles. The lowest BCUT2D eigenvalue weighted by atomic mass is 10.2. The van der Waals surface area contributed by atoms with E-state index in [2.05, 4.69) is 15.4 Å². The Balaban J connectivity index is 1.59. The number of aromatic nitrogens is 3. The highest BCUT2D eigenvalue weighted by atomic mass is 19.4. The number of hydrogen-bond donors (Lipinski definition) is 2. The van der Waals surface area contributed by atoms with E-state index in [0.29, 0.717) is 10.9 Å². The number of carbonyl (C=O) groups excluding carboxylic acids is 1. The topological polar surface area (TPSA) is 62.7 Å². The van der Waals surface area contributed by atoms with Crippen LogP contribution in [0.5, 0.6) is 0 Å². The average Bonchev–Trinajstić information content (AvgIpc) is 3.32. The molecule has 2 heterocycles. The Bertz CT molecular complexity index is 1300. The second-order valence-electron chi connectivity index (χ2n) is 6.74. The largest absolute Gasteiger partial charge is 0.435 e. The first-order valence-corrected chi connectivity index (χ1v) is 8.86. The van der Waals surface area contributed by atoms with Crippen LogP contribution in [-0.2, 0) is 12.4 Å². The number of benzene rings is 2. The van der Waals surface area contributed by atoms with Crippen LogP contribution in [0.25, 0.3) is 16.6 Å². The zero-order valence-electron chi connectivity index (χ0n) is 15.6. The SMILES string of the molecule is O=C(Nc1ccc(-n2nc(C(F)(F)F)cc2C(F)(F)F)cc1)c1cc2cc(F)ccc2[nH]1. The summed E-state index contributed by atoms with van der Waals surface area (Å²) in [6.07, 6.45) is -10.1. The molecule has 2 aromatic carbocycles. The van der Waals surface area contributed by atoms with Crippen molar-refractivity contribution in [2.75, 3.05) is 5.32 Å². The fourth-order valence-electron chi connectivity index (χ4n) is 3.03. The quantitative estimate of drug-likeness (QED) is 0.384. The van der Waals surface area contributed by atoms with Crippen LogP contribution in [0.15, 0.2) is 54.6 Å². The van der Waals surface area contributed by atoms with Crippen molar-refractivity contribution in [1.82, 2.24) is 14.8 Å². The highest BCUT2D eigenvalue weighted by molar-refractivity contribution is 6.05. The Hall–Kier alpha value is -3.83. The average molecular weight is 456 g/mol. The lowest BCUT2D eigenvalue weighted by Gasteiger charge is -2.11. The van der Waals surface area contributed by atoms with Gasteiger partial charge in [-0.2, -0.15) is 31.4 Å². The molecule has 2 N–H and O–H groups in total. The van der Waals surface area contributed by atoms with Gasteiger partial charge in [0.15, 0.2) is 5.69 Å². The Morgan fingerprint density at radius 3 is 2.22 bits per heavy atom. The predicted octanol–water partition coefficient (Wildman–Crippen LogP) is 5.78. The molecule has 0 aliphatic rings. The van der Waals surface area contributed by atoms with Crippen LogP contribution in [0, 0.1) is 5.82 Å². The minimum atomic E-state index is -5.07. The number of alkyl halides is 6. The van der Waals surface area contributed by atoms with E-state index < -0.39 is 35.5 Å². The van der Waals surface area contributed by atoms with Crippen molar-refractivity contribution in [3.05, 3.63) is 77.5 Å². The molecule has 0 fully saturated rings. The molecular weight excluding hydrogens is 445 g/mol. The maximum Gasteiger partial charge on any atom is 0.435 e. The minimum absolute atomic E-state index is 0.0750. The first-order chi connectivity index (χ1) is 14.9. The summed E-state index contributed by atoms with van der Waals surface area (Å²) in [4.78, 5) is 15.2. The van der Waals surface area contributed by atoms with Crippen LogP contribution >= 0.6 is 0 Å². The summed E-state index contributed by atoms with van der Waals surface area (Å²) < 4.78 is 91.5. The molecule has 0 saturated heterocycles. The van der Waals surface area contributed by atoms with Gasteiger partial charge in [0.1, 0.15) is 17.2 Å². The van der Waals surface area contributed by atoms with E-state index in [4.69, 9.17) is 0 Å². The minimum Gasteiger partial charge on any atom is -0.351 e.